The molecule has 1 saturated carbocycles. The number of benzene rings is 1. The van der Waals surface area contributed by atoms with E-state index in [1.165, 1.54) is 0 Å². The van der Waals surface area contributed by atoms with Crippen LogP contribution in [0.5, 0.6) is 0 Å². The number of rotatable bonds is 1. The lowest BCUT2D eigenvalue weighted by molar-refractivity contribution is -0.143. The first-order chi connectivity index (χ1) is 10.1. The van der Waals surface area contributed by atoms with Crippen LogP contribution < -0.4 is 4.90 Å². The average molecular weight is 299 g/mol. The van der Waals surface area contributed by atoms with E-state index in [9.17, 15) is 9.90 Å². The Labute approximate surface area is 127 Å². The maximum Gasteiger partial charge on any atom is 0.169 e. The van der Waals surface area contributed by atoms with E-state index in [4.69, 9.17) is 0 Å². The molecule has 0 radical (unpaired) electrons. The van der Waals surface area contributed by atoms with Crippen LogP contribution in [0.2, 0.25) is 0 Å². The van der Waals surface area contributed by atoms with Crippen molar-refractivity contribution in [1.82, 2.24) is 0 Å². The van der Waals surface area contributed by atoms with Gasteiger partial charge in [-0.25, -0.2) is 0 Å². The molecule has 2 bridgehead atoms. The average Bonchev–Trinajstić information content (AvgIpc) is 3.02. The van der Waals surface area contributed by atoms with Crippen molar-refractivity contribution >= 4 is 22.8 Å². The van der Waals surface area contributed by atoms with Crippen LogP contribution in [0.3, 0.4) is 0 Å². The minimum atomic E-state index is -1.29. The molecule has 108 valence electrons. The highest BCUT2D eigenvalue weighted by Crippen LogP contribution is 2.47. The number of Topliss-reactive ketones (excluding diaryl/α,β-unsaturated/α-hetero) is 1. The van der Waals surface area contributed by atoms with Gasteiger partial charge >= 0.3 is 0 Å². The van der Waals surface area contributed by atoms with Gasteiger partial charge in [0.05, 0.1) is 0 Å². The minimum Gasteiger partial charge on any atom is -0.377 e. The Morgan fingerprint density at radius 1 is 1.33 bits per heavy atom. The molecule has 0 spiro atoms. The summed E-state index contributed by atoms with van der Waals surface area (Å²) in [5.74, 6) is -0.0319. The highest BCUT2D eigenvalue weighted by Gasteiger charge is 2.49. The van der Waals surface area contributed by atoms with Gasteiger partial charge in [0.15, 0.2) is 11.4 Å². The fourth-order valence-corrected chi connectivity index (χ4v) is 4.30. The van der Waals surface area contributed by atoms with E-state index in [0.29, 0.717) is 12.8 Å². The van der Waals surface area contributed by atoms with Gasteiger partial charge in [0, 0.05) is 37.2 Å². The van der Waals surface area contributed by atoms with E-state index < -0.39 is 5.60 Å². The molecule has 4 rings (SSSR count). The van der Waals surface area contributed by atoms with Gasteiger partial charge in [0.2, 0.25) is 0 Å². The number of hydrogen-bond donors (Lipinski definition) is 1. The molecule has 1 fully saturated rings. The molecule has 3 nitrogen and oxygen atoms in total. The Morgan fingerprint density at radius 2 is 2.19 bits per heavy atom. The zero-order chi connectivity index (χ0) is 14.6. The van der Waals surface area contributed by atoms with Crippen LogP contribution >= 0.6 is 11.3 Å². The Hall–Kier alpha value is -1.65. The van der Waals surface area contributed by atoms with Gasteiger partial charge in [-0.3, -0.25) is 4.79 Å². The van der Waals surface area contributed by atoms with Crippen LogP contribution in [0.25, 0.3) is 11.1 Å². The number of anilines is 1. The maximum atomic E-state index is 12.3. The van der Waals surface area contributed by atoms with Crippen LogP contribution in [0, 0.1) is 0 Å². The summed E-state index contributed by atoms with van der Waals surface area (Å²) < 4.78 is 0. The third-order valence-corrected chi connectivity index (χ3v) is 5.60. The highest BCUT2D eigenvalue weighted by atomic mass is 32.1. The quantitative estimate of drug-likeness (QED) is 0.879. The summed E-state index contributed by atoms with van der Waals surface area (Å²) in [7, 11) is 2.06. The monoisotopic (exact) mass is 299 g/mol. The minimum absolute atomic E-state index is 0.0319. The predicted molar refractivity (Wildman–Crippen MR) is 84.7 cm³/mol. The van der Waals surface area contributed by atoms with Crippen LogP contribution in [-0.4, -0.2) is 24.0 Å². The Kier molecular flexibility index (Phi) is 2.75. The molecular weight excluding hydrogens is 282 g/mol. The molecule has 2 aromatic rings. The molecule has 2 aliphatic rings. The number of nitrogens with zero attached hydrogens (tertiary/aromatic N) is 1. The van der Waals surface area contributed by atoms with Crippen molar-refractivity contribution < 1.29 is 9.90 Å². The van der Waals surface area contributed by atoms with Gasteiger partial charge in [-0.2, -0.15) is 11.3 Å². The maximum absolute atomic E-state index is 12.3. The van der Waals surface area contributed by atoms with E-state index in [0.717, 1.165) is 28.8 Å². The van der Waals surface area contributed by atoms with Crippen molar-refractivity contribution in [2.45, 2.75) is 30.9 Å². The summed E-state index contributed by atoms with van der Waals surface area (Å²) in [5.41, 5.74) is 2.67. The second kappa shape index (κ2) is 4.42. The Bertz CT molecular complexity index is 710. The second-order valence-electron chi connectivity index (χ2n) is 6.03. The van der Waals surface area contributed by atoms with Crippen LogP contribution in [0.15, 0.2) is 35.0 Å². The number of carbonyl (C=O) groups excluding carboxylic acids is 1. The second-order valence-corrected chi connectivity index (χ2v) is 6.81. The largest absolute Gasteiger partial charge is 0.377 e. The van der Waals surface area contributed by atoms with Crippen LogP contribution in [0.4, 0.5) is 5.69 Å². The third-order valence-electron chi connectivity index (χ3n) is 4.92. The molecule has 4 heteroatoms. The number of aliphatic hydroxyl groups is 1. The van der Waals surface area contributed by atoms with E-state index in [-0.39, 0.29) is 11.8 Å². The molecule has 2 heterocycles. The van der Waals surface area contributed by atoms with Crippen molar-refractivity contribution in [2.24, 2.45) is 0 Å². The summed E-state index contributed by atoms with van der Waals surface area (Å²) >= 11 is 1.65. The molecule has 0 unspecified atom stereocenters. The molecule has 1 aromatic heterocycles. The topological polar surface area (TPSA) is 40.5 Å². The van der Waals surface area contributed by atoms with Crippen molar-refractivity contribution in [3.63, 3.8) is 0 Å². The van der Waals surface area contributed by atoms with Crippen molar-refractivity contribution in [1.29, 1.82) is 0 Å². The molecular formula is C17H17NO2S. The number of hydrogen-bond acceptors (Lipinski definition) is 4. The molecule has 1 N–H and O–H groups in total. The molecule has 0 saturated heterocycles. The number of fused-ring (bicyclic) bond motifs is 4. The van der Waals surface area contributed by atoms with Gasteiger partial charge in [0.25, 0.3) is 0 Å². The first-order valence-corrected chi connectivity index (χ1v) is 8.19. The van der Waals surface area contributed by atoms with Crippen molar-refractivity contribution in [3.8, 4) is 11.1 Å². The summed E-state index contributed by atoms with van der Waals surface area (Å²) in [6.07, 6.45) is 1.82. The Morgan fingerprint density at radius 3 is 2.95 bits per heavy atom. The van der Waals surface area contributed by atoms with E-state index in [1.807, 2.05) is 17.5 Å². The molecule has 1 aromatic carbocycles. The summed E-state index contributed by atoms with van der Waals surface area (Å²) in [6, 6.07) is 8.43. The molecule has 1 aliphatic carbocycles. The number of carbonyl (C=O) groups is 1. The fourth-order valence-electron chi connectivity index (χ4n) is 3.63. The van der Waals surface area contributed by atoms with Gasteiger partial charge in [0.1, 0.15) is 0 Å². The van der Waals surface area contributed by atoms with E-state index >= 15 is 0 Å². The van der Waals surface area contributed by atoms with Crippen molar-refractivity contribution in [2.75, 3.05) is 11.9 Å². The fraction of sp³-hybridized carbons (Fsp3) is 0.353. The smallest absolute Gasteiger partial charge is 0.169 e. The van der Waals surface area contributed by atoms with Gasteiger partial charge < -0.3 is 10.0 Å². The van der Waals surface area contributed by atoms with Gasteiger partial charge in [-0.1, -0.05) is 6.07 Å². The molecule has 2 atom stereocenters. The first-order valence-electron chi connectivity index (χ1n) is 7.25. The molecule has 21 heavy (non-hydrogen) atoms. The summed E-state index contributed by atoms with van der Waals surface area (Å²) in [4.78, 5) is 14.5. The standard InChI is InChI=1S/C17H17NO2S/c1-18-13-3-5-16(19)17(20,9-13)14-8-11(2-4-15(14)18)12-6-7-21-10-12/h2,4,6-8,10,13,20H,3,5,9H2,1H3/t13-,17-/m1/s1. The van der Waals surface area contributed by atoms with Crippen LogP contribution in [-0.2, 0) is 10.4 Å². The lowest BCUT2D eigenvalue weighted by Crippen LogP contribution is -2.53. The lowest BCUT2D eigenvalue weighted by Gasteiger charge is -2.47. The number of ketones is 1. The van der Waals surface area contributed by atoms with E-state index in [1.54, 1.807) is 11.3 Å². The first kappa shape index (κ1) is 13.0. The zero-order valence-corrected chi connectivity index (χ0v) is 12.7. The summed E-state index contributed by atoms with van der Waals surface area (Å²) in [5, 5.41) is 15.1. The zero-order valence-electron chi connectivity index (χ0n) is 11.9. The van der Waals surface area contributed by atoms with Crippen LogP contribution in [0.1, 0.15) is 24.8 Å². The van der Waals surface area contributed by atoms with Gasteiger partial charge in [-0.15, -0.1) is 0 Å². The SMILES string of the molecule is CN1c2ccc(-c3ccsc3)cc2[C@]2(O)C[C@H]1CCC2=O. The normalized spacial score (nSPS) is 27.6. The van der Waals surface area contributed by atoms with Crippen molar-refractivity contribution in [3.05, 3.63) is 40.6 Å². The highest BCUT2D eigenvalue weighted by molar-refractivity contribution is 7.08. The predicted octanol–water partition coefficient (Wildman–Crippen LogP) is 3.17. The Balaban J connectivity index is 1.91. The third kappa shape index (κ3) is 1.79. The van der Waals surface area contributed by atoms with Gasteiger partial charge in [-0.05, 0) is 46.5 Å². The molecule has 1 aliphatic heterocycles. The van der Waals surface area contributed by atoms with E-state index in [2.05, 4.69) is 29.5 Å². The lowest BCUT2D eigenvalue weighted by atomic mass is 9.71. The summed E-state index contributed by atoms with van der Waals surface area (Å²) in [6.45, 7) is 0. The molecule has 0 amide bonds. The number of thiophene rings is 1.